The summed E-state index contributed by atoms with van der Waals surface area (Å²) < 4.78 is 0. The third-order valence-electron chi connectivity index (χ3n) is 3.15. The van der Waals surface area contributed by atoms with Gasteiger partial charge in [-0.15, -0.1) is 0 Å². The van der Waals surface area contributed by atoms with Crippen molar-refractivity contribution in [1.29, 1.82) is 0 Å². The lowest BCUT2D eigenvalue weighted by Crippen LogP contribution is -2.20. The van der Waals surface area contributed by atoms with Gasteiger partial charge in [0, 0.05) is 26.1 Å². The van der Waals surface area contributed by atoms with Gasteiger partial charge in [-0.1, -0.05) is 36.8 Å². The summed E-state index contributed by atoms with van der Waals surface area (Å²) in [5.74, 6) is 7.74. The quantitative estimate of drug-likeness (QED) is 0.645. The predicted molar refractivity (Wildman–Crippen MR) is 82.5 cm³/mol. The van der Waals surface area contributed by atoms with Crippen LogP contribution in [-0.2, 0) is 13.0 Å². The van der Waals surface area contributed by atoms with E-state index in [0.717, 1.165) is 24.6 Å². The van der Waals surface area contributed by atoms with Gasteiger partial charge >= 0.3 is 0 Å². The van der Waals surface area contributed by atoms with Gasteiger partial charge in [-0.25, -0.2) is 15.8 Å². The predicted octanol–water partition coefficient (Wildman–Crippen LogP) is 2.27. The number of hydrogen-bond acceptors (Lipinski definition) is 5. The number of nitrogen functional groups attached to an aromatic ring is 1. The molecule has 1 aromatic heterocycles. The Morgan fingerprint density at radius 3 is 2.50 bits per heavy atom. The molecule has 0 atom stereocenters. The monoisotopic (exact) mass is 271 g/mol. The molecule has 0 saturated heterocycles. The average molecular weight is 271 g/mol. The molecule has 2 aromatic rings. The summed E-state index contributed by atoms with van der Waals surface area (Å²) >= 11 is 0. The molecule has 0 unspecified atom stereocenters. The second-order valence-corrected chi connectivity index (χ2v) is 4.87. The Hall–Kier alpha value is -2.14. The minimum Gasteiger partial charge on any atom is -0.355 e. The number of anilines is 2. The van der Waals surface area contributed by atoms with Crippen LogP contribution >= 0.6 is 0 Å². The van der Waals surface area contributed by atoms with E-state index < -0.39 is 0 Å². The zero-order valence-corrected chi connectivity index (χ0v) is 12.2. The SMILES string of the molecule is CCc1nc(NN)cc(N(C)Cc2ccc(C)cc2)n1. The maximum absolute atomic E-state index is 5.45. The lowest BCUT2D eigenvalue weighted by atomic mass is 10.1. The van der Waals surface area contributed by atoms with Gasteiger partial charge in [0.15, 0.2) is 0 Å². The molecule has 0 amide bonds. The van der Waals surface area contributed by atoms with Crippen LogP contribution in [0, 0.1) is 6.92 Å². The molecular formula is C15H21N5. The minimum absolute atomic E-state index is 0.641. The molecule has 5 heteroatoms. The largest absolute Gasteiger partial charge is 0.355 e. The van der Waals surface area contributed by atoms with Crippen LogP contribution in [0.2, 0.25) is 0 Å². The third-order valence-corrected chi connectivity index (χ3v) is 3.15. The molecule has 2 rings (SSSR count). The maximum Gasteiger partial charge on any atom is 0.145 e. The summed E-state index contributed by atoms with van der Waals surface area (Å²) in [6.45, 7) is 4.91. The number of rotatable bonds is 5. The molecule has 0 saturated carbocycles. The summed E-state index contributed by atoms with van der Waals surface area (Å²) in [7, 11) is 2.02. The topological polar surface area (TPSA) is 67.1 Å². The van der Waals surface area contributed by atoms with Crippen molar-refractivity contribution in [2.45, 2.75) is 26.8 Å². The van der Waals surface area contributed by atoms with Crippen molar-refractivity contribution >= 4 is 11.6 Å². The number of nitrogens with two attached hydrogens (primary N) is 1. The van der Waals surface area contributed by atoms with Gasteiger partial charge in [0.25, 0.3) is 0 Å². The van der Waals surface area contributed by atoms with Crippen molar-refractivity contribution in [2.75, 3.05) is 17.4 Å². The maximum atomic E-state index is 5.45. The van der Waals surface area contributed by atoms with E-state index in [1.807, 2.05) is 20.0 Å². The Labute approximate surface area is 119 Å². The molecule has 20 heavy (non-hydrogen) atoms. The van der Waals surface area contributed by atoms with Gasteiger partial charge in [0.05, 0.1) is 0 Å². The smallest absolute Gasteiger partial charge is 0.145 e. The van der Waals surface area contributed by atoms with Crippen LogP contribution in [-0.4, -0.2) is 17.0 Å². The van der Waals surface area contributed by atoms with Gasteiger partial charge < -0.3 is 10.3 Å². The molecule has 0 bridgehead atoms. The molecule has 0 aliphatic rings. The van der Waals surface area contributed by atoms with Crippen LogP contribution in [0.3, 0.4) is 0 Å². The molecule has 0 spiro atoms. The summed E-state index contributed by atoms with van der Waals surface area (Å²) in [6.07, 6.45) is 0.779. The first-order chi connectivity index (χ1) is 9.62. The first kappa shape index (κ1) is 14.3. The summed E-state index contributed by atoms with van der Waals surface area (Å²) in [6, 6.07) is 10.4. The minimum atomic E-state index is 0.641. The van der Waals surface area contributed by atoms with Crippen LogP contribution in [0.1, 0.15) is 23.9 Å². The molecule has 0 radical (unpaired) electrons. The number of nitrogens with zero attached hydrogens (tertiary/aromatic N) is 3. The number of aryl methyl sites for hydroxylation is 2. The Balaban J connectivity index is 2.19. The highest BCUT2D eigenvalue weighted by atomic mass is 15.3. The van der Waals surface area contributed by atoms with Gasteiger partial charge in [-0.05, 0) is 12.5 Å². The van der Waals surface area contributed by atoms with Crippen molar-refractivity contribution in [3.05, 3.63) is 47.3 Å². The molecular weight excluding hydrogens is 250 g/mol. The van der Waals surface area contributed by atoms with Crippen LogP contribution < -0.4 is 16.2 Å². The molecule has 0 aliphatic heterocycles. The second-order valence-electron chi connectivity index (χ2n) is 4.87. The van der Waals surface area contributed by atoms with E-state index in [9.17, 15) is 0 Å². The van der Waals surface area contributed by atoms with Crippen molar-refractivity contribution in [1.82, 2.24) is 9.97 Å². The number of nitrogens with one attached hydrogen (secondary N) is 1. The molecule has 1 aromatic carbocycles. The average Bonchev–Trinajstić information content (AvgIpc) is 2.48. The van der Waals surface area contributed by atoms with Crippen LogP contribution in [0.15, 0.2) is 30.3 Å². The number of hydrogen-bond donors (Lipinski definition) is 2. The Morgan fingerprint density at radius 2 is 1.90 bits per heavy atom. The van der Waals surface area contributed by atoms with Crippen molar-refractivity contribution in [2.24, 2.45) is 5.84 Å². The van der Waals surface area contributed by atoms with Gasteiger partial charge in [0.1, 0.15) is 17.5 Å². The molecule has 5 nitrogen and oxygen atoms in total. The normalized spacial score (nSPS) is 10.4. The Kier molecular flexibility index (Phi) is 4.53. The highest BCUT2D eigenvalue weighted by molar-refractivity contribution is 5.48. The molecule has 106 valence electrons. The van der Waals surface area contributed by atoms with E-state index in [2.05, 4.69) is 51.5 Å². The number of benzene rings is 1. The Morgan fingerprint density at radius 1 is 1.20 bits per heavy atom. The molecule has 0 aliphatic carbocycles. The van der Waals surface area contributed by atoms with Crippen LogP contribution in [0.25, 0.3) is 0 Å². The van der Waals surface area contributed by atoms with Crippen LogP contribution in [0.5, 0.6) is 0 Å². The number of hydrazine groups is 1. The summed E-state index contributed by atoms with van der Waals surface area (Å²) in [5, 5.41) is 0. The zero-order chi connectivity index (χ0) is 14.5. The van der Waals surface area contributed by atoms with E-state index >= 15 is 0 Å². The highest BCUT2D eigenvalue weighted by Gasteiger charge is 2.08. The van der Waals surface area contributed by atoms with E-state index in [-0.39, 0.29) is 0 Å². The zero-order valence-electron chi connectivity index (χ0n) is 12.2. The van der Waals surface area contributed by atoms with Crippen molar-refractivity contribution in [3.8, 4) is 0 Å². The van der Waals surface area contributed by atoms with Gasteiger partial charge in [-0.2, -0.15) is 0 Å². The highest BCUT2D eigenvalue weighted by Crippen LogP contribution is 2.17. The fourth-order valence-electron chi connectivity index (χ4n) is 1.96. The van der Waals surface area contributed by atoms with Gasteiger partial charge in [0.2, 0.25) is 0 Å². The Bertz CT molecular complexity index is 543. The summed E-state index contributed by atoms with van der Waals surface area (Å²) in [4.78, 5) is 10.9. The number of aromatic nitrogens is 2. The fraction of sp³-hybridized carbons (Fsp3) is 0.333. The van der Waals surface area contributed by atoms with Crippen LogP contribution in [0.4, 0.5) is 11.6 Å². The second kappa shape index (κ2) is 6.34. The van der Waals surface area contributed by atoms with E-state index in [0.29, 0.717) is 5.82 Å². The standard InChI is InChI=1S/C15H21N5/c1-4-13-17-14(19-16)9-15(18-13)20(3)10-12-7-5-11(2)6-8-12/h5-9H,4,10,16H2,1-3H3,(H,17,18,19). The van der Waals surface area contributed by atoms with Gasteiger partial charge in [-0.3, -0.25) is 0 Å². The van der Waals surface area contributed by atoms with Crippen molar-refractivity contribution < 1.29 is 0 Å². The fourth-order valence-corrected chi connectivity index (χ4v) is 1.96. The molecule has 0 fully saturated rings. The third kappa shape index (κ3) is 3.45. The molecule has 3 N–H and O–H groups in total. The first-order valence-electron chi connectivity index (χ1n) is 6.73. The molecule has 1 heterocycles. The van der Waals surface area contributed by atoms with Crippen molar-refractivity contribution in [3.63, 3.8) is 0 Å². The lowest BCUT2D eigenvalue weighted by Gasteiger charge is -2.19. The lowest BCUT2D eigenvalue weighted by molar-refractivity contribution is 0.858. The first-order valence-corrected chi connectivity index (χ1v) is 6.73. The van der Waals surface area contributed by atoms with E-state index in [1.54, 1.807) is 0 Å². The summed E-state index contributed by atoms with van der Waals surface area (Å²) in [5.41, 5.74) is 5.10. The van der Waals surface area contributed by atoms with E-state index in [1.165, 1.54) is 11.1 Å². The van der Waals surface area contributed by atoms with E-state index in [4.69, 9.17) is 5.84 Å².